The standard InChI is InChI=1S/C14H17N3OS/c1-8-4-5-11(14(15)19)12(6-8)16-7-13-17-9(2)10(3)18-13/h4-6,16H,7H2,1-3H3,(H2,15,19). The van der Waals surface area contributed by atoms with Crippen LogP contribution in [0.1, 0.15) is 28.5 Å². The van der Waals surface area contributed by atoms with Crippen LogP contribution < -0.4 is 11.1 Å². The molecule has 5 heteroatoms. The summed E-state index contributed by atoms with van der Waals surface area (Å²) in [6.07, 6.45) is 0. The van der Waals surface area contributed by atoms with E-state index < -0.39 is 0 Å². The van der Waals surface area contributed by atoms with E-state index in [0.717, 1.165) is 28.3 Å². The molecule has 0 amide bonds. The minimum atomic E-state index is 0.377. The summed E-state index contributed by atoms with van der Waals surface area (Å²) in [6.45, 7) is 6.36. The van der Waals surface area contributed by atoms with E-state index >= 15 is 0 Å². The minimum Gasteiger partial charge on any atom is -0.444 e. The predicted octanol–water partition coefficient (Wildman–Crippen LogP) is 2.85. The lowest BCUT2D eigenvalue weighted by molar-refractivity contribution is 0.478. The quantitative estimate of drug-likeness (QED) is 0.840. The van der Waals surface area contributed by atoms with Crippen LogP contribution in [0.2, 0.25) is 0 Å². The fourth-order valence-corrected chi connectivity index (χ4v) is 1.98. The average Bonchev–Trinajstić information content (AvgIpc) is 2.66. The van der Waals surface area contributed by atoms with Crippen LogP contribution >= 0.6 is 12.2 Å². The molecule has 0 radical (unpaired) electrons. The zero-order chi connectivity index (χ0) is 14.0. The van der Waals surface area contributed by atoms with Gasteiger partial charge in [-0.05, 0) is 38.5 Å². The second-order valence-electron chi connectivity index (χ2n) is 4.52. The molecule has 0 bridgehead atoms. The fraction of sp³-hybridized carbons (Fsp3) is 0.286. The Labute approximate surface area is 118 Å². The van der Waals surface area contributed by atoms with E-state index in [1.165, 1.54) is 0 Å². The van der Waals surface area contributed by atoms with Gasteiger partial charge in [0.1, 0.15) is 10.7 Å². The largest absolute Gasteiger partial charge is 0.444 e. The van der Waals surface area contributed by atoms with Gasteiger partial charge in [0, 0.05) is 11.3 Å². The Kier molecular flexibility index (Phi) is 3.85. The Bertz CT molecular complexity index is 600. The summed E-state index contributed by atoms with van der Waals surface area (Å²) in [4.78, 5) is 4.71. The van der Waals surface area contributed by atoms with Crippen molar-refractivity contribution in [1.82, 2.24) is 4.98 Å². The van der Waals surface area contributed by atoms with Gasteiger partial charge < -0.3 is 15.5 Å². The van der Waals surface area contributed by atoms with Gasteiger partial charge in [-0.1, -0.05) is 18.3 Å². The number of nitrogens with zero attached hydrogens (tertiary/aromatic N) is 1. The van der Waals surface area contributed by atoms with Gasteiger partial charge in [0.05, 0.1) is 12.2 Å². The van der Waals surface area contributed by atoms with Crippen LogP contribution in [0.5, 0.6) is 0 Å². The van der Waals surface area contributed by atoms with Gasteiger partial charge in [-0.25, -0.2) is 4.98 Å². The molecule has 0 spiro atoms. The number of aryl methyl sites for hydroxylation is 3. The Morgan fingerprint density at radius 2 is 2.11 bits per heavy atom. The van der Waals surface area contributed by atoms with Crippen molar-refractivity contribution >= 4 is 22.9 Å². The van der Waals surface area contributed by atoms with Gasteiger partial charge in [0.15, 0.2) is 0 Å². The summed E-state index contributed by atoms with van der Waals surface area (Å²) >= 11 is 5.05. The first kappa shape index (κ1) is 13.5. The lowest BCUT2D eigenvalue weighted by Gasteiger charge is -2.10. The highest BCUT2D eigenvalue weighted by Gasteiger charge is 2.08. The molecule has 0 aliphatic carbocycles. The maximum atomic E-state index is 5.71. The molecule has 0 aliphatic rings. The number of rotatable bonds is 4. The van der Waals surface area contributed by atoms with Gasteiger partial charge in [-0.2, -0.15) is 0 Å². The summed E-state index contributed by atoms with van der Waals surface area (Å²) in [5.74, 6) is 1.50. The molecule has 19 heavy (non-hydrogen) atoms. The summed E-state index contributed by atoms with van der Waals surface area (Å²) in [6, 6.07) is 5.92. The number of nitrogens with two attached hydrogens (primary N) is 1. The molecule has 2 aromatic rings. The van der Waals surface area contributed by atoms with Crippen LogP contribution in [-0.4, -0.2) is 9.97 Å². The number of hydrogen-bond acceptors (Lipinski definition) is 4. The average molecular weight is 275 g/mol. The van der Waals surface area contributed by atoms with Gasteiger partial charge in [0.2, 0.25) is 5.89 Å². The van der Waals surface area contributed by atoms with Crippen molar-refractivity contribution in [3.05, 3.63) is 46.7 Å². The third-order valence-corrected chi connectivity index (χ3v) is 3.16. The SMILES string of the molecule is Cc1ccc(C(N)=S)c(NCc2nc(C)c(C)o2)c1. The molecule has 0 saturated carbocycles. The molecular formula is C14H17N3OS. The molecule has 1 heterocycles. The fourth-order valence-electron chi connectivity index (χ4n) is 1.80. The Morgan fingerprint density at radius 3 is 2.68 bits per heavy atom. The van der Waals surface area contributed by atoms with Crippen LogP contribution in [0.3, 0.4) is 0 Å². The van der Waals surface area contributed by atoms with E-state index in [4.69, 9.17) is 22.4 Å². The maximum Gasteiger partial charge on any atom is 0.213 e. The highest BCUT2D eigenvalue weighted by molar-refractivity contribution is 7.80. The first-order valence-corrected chi connectivity index (χ1v) is 6.45. The van der Waals surface area contributed by atoms with Crippen LogP contribution in [0, 0.1) is 20.8 Å². The first-order chi connectivity index (χ1) is 8.97. The van der Waals surface area contributed by atoms with Crippen LogP contribution in [0.15, 0.2) is 22.6 Å². The molecule has 1 aromatic heterocycles. The first-order valence-electron chi connectivity index (χ1n) is 6.04. The summed E-state index contributed by atoms with van der Waals surface area (Å²) < 4.78 is 5.53. The molecular weight excluding hydrogens is 258 g/mol. The van der Waals surface area contributed by atoms with Gasteiger partial charge in [-0.3, -0.25) is 0 Å². The predicted molar refractivity (Wildman–Crippen MR) is 80.4 cm³/mol. The van der Waals surface area contributed by atoms with Crippen molar-refractivity contribution in [3.8, 4) is 0 Å². The molecule has 3 N–H and O–H groups in total. The van der Waals surface area contributed by atoms with Gasteiger partial charge in [-0.15, -0.1) is 0 Å². The molecule has 2 rings (SSSR count). The number of benzene rings is 1. The second-order valence-corrected chi connectivity index (χ2v) is 4.96. The highest BCUT2D eigenvalue weighted by atomic mass is 32.1. The molecule has 100 valence electrons. The van der Waals surface area contributed by atoms with Crippen molar-refractivity contribution in [2.75, 3.05) is 5.32 Å². The van der Waals surface area contributed by atoms with E-state index in [0.29, 0.717) is 17.4 Å². The molecule has 0 aliphatic heterocycles. The molecule has 0 saturated heterocycles. The second kappa shape index (κ2) is 5.40. The van der Waals surface area contributed by atoms with E-state index in [9.17, 15) is 0 Å². The van der Waals surface area contributed by atoms with E-state index in [1.807, 2.05) is 39.0 Å². The molecule has 1 aromatic carbocycles. The zero-order valence-corrected chi connectivity index (χ0v) is 12.1. The van der Waals surface area contributed by atoms with Crippen molar-refractivity contribution in [1.29, 1.82) is 0 Å². The lowest BCUT2D eigenvalue weighted by Crippen LogP contribution is -2.13. The third-order valence-electron chi connectivity index (χ3n) is 2.94. The smallest absolute Gasteiger partial charge is 0.213 e. The number of anilines is 1. The summed E-state index contributed by atoms with van der Waals surface area (Å²) in [5, 5.41) is 3.27. The van der Waals surface area contributed by atoms with E-state index in [-0.39, 0.29) is 0 Å². The van der Waals surface area contributed by atoms with E-state index in [2.05, 4.69) is 10.3 Å². The van der Waals surface area contributed by atoms with Gasteiger partial charge in [0.25, 0.3) is 0 Å². The highest BCUT2D eigenvalue weighted by Crippen LogP contribution is 2.19. The molecule has 0 fully saturated rings. The van der Waals surface area contributed by atoms with Crippen LogP contribution in [0.4, 0.5) is 5.69 Å². The lowest BCUT2D eigenvalue weighted by atomic mass is 10.1. The zero-order valence-electron chi connectivity index (χ0n) is 11.3. The topological polar surface area (TPSA) is 64.1 Å². The van der Waals surface area contributed by atoms with Crippen molar-refractivity contribution in [3.63, 3.8) is 0 Å². The van der Waals surface area contributed by atoms with Gasteiger partial charge >= 0.3 is 0 Å². The summed E-state index contributed by atoms with van der Waals surface area (Å²) in [5.41, 5.74) is 9.51. The van der Waals surface area contributed by atoms with Crippen LogP contribution in [-0.2, 0) is 6.54 Å². The van der Waals surface area contributed by atoms with Crippen molar-refractivity contribution < 1.29 is 4.42 Å². The van der Waals surface area contributed by atoms with E-state index in [1.54, 1.807) is 0 Å². The van der Waals surface area contributed by atoms with Crippen molar-refractivity contribution in [2.24, 2.45) is 5.73 Å². The van der Waals surface area contributed by atoms with Crippen LogP contribution in [0.25, 0.3) is 0 Å². The Hall–Kier alpha value is -1.88. The number of thiocarbonyl (C=S) groups is 1. The Balaban J connectivity index is 2.19. The normalized spacial score (nSPS) is 10.5. The maximum absolute atomic E-state index is 5.71. The Morgan fingerprint density at radius 1 is 1.37 bits per heavy atom. The third kappa shape index (κ3) is 3.12. The monoisotopic (exact) mass is 275 g/mol. The molecule has 0 unspecified atom stereocenters. The number of aromatic nitrogens is 1. The number of nitrogens with one attached hydrogen (secondary N) is 1. The summed E-state index contributed by atoms with van der Waals surface area (Å²) in [7, 11) is 0. The van der Waals surface area contributed by atoms with Crippen molar-refractivity contribution in [2.45, 2.75) is 27.3 Å². The minimum absolute atomic E-state index is 0.377. The number of hydrogen-bond donors (Lipinski definition) is 2. The number of oxazole rings is 1. The molecule has 0 atom stereocenters. The molecule has 4 nitrogen and oxygen atoms in total.